The Hall–Kier alpha value is -4.75. The summed E-state index contributed by atoms with van der Waals surface area (Å²) in [6.45, 7) is 7.42. The third kappa shape index (κ3) is 4.25. The van der Waals surface area contributed by atoms with Gasteiger partial charge in [-0.2, -0.15) is 5.26 Å². The molecular weight excluding hydrogens is 495 g/mol. The van der Waals surface area contributed by atoms with Gasteiger partial charge in [-0.25, -0.2) is 8.96 Å². The molecule has 4 heteroatoms. The molecule has 0 aliphatic rings. The summed E-state index contributed by atoms with van der Waals surface area (Å²) in [5.74, 6) is -0.695. The van der Waals surface area contributed by atoms with Gasteiger partial charge in [-0.3, -0.25) is 0 Å². The smallest absolute Gasteiger partial charge is 0.219 e. The topological polar surface area (TPSA) is 40.8 Å². The van der Waals surface area contributed by atoms with E-state index in [1.807, 2.05) is 82.3 Å². The van der Waals surface area contributed by atoms with E-state index in [0.29, 0.717) is 22.3 Å². The molecule has 0 aliphatic carbocycles. The zero-order valence-electron chi connectivity index (χ0n) is 25.2. The Morgan fingerprint density at radius 2 is 1.55 bits per heavy atom. The van der Waals surface area contributed by atoms with Crippen molar-refractivity contribution in [3.05, 3.63) is 114 Å². The number of furan rings is 1. The van der Waals surface area contributed by atoms with Crippen LogP contribution in [0.4, 0.5) is 4.39 Å². The lowest BCUT2D eigenvalue weighted by Crippen LogP contribution is -2.34. The minimum Gasteiger partial charge on any atom is -0.454 e. The van der Waals surface area contributed by atoms with Crippen LogP contribution < -0.4 is 4.57 Å². The van der Waals surface area contributed by atoms with Crippen LogP contribution in [0.2, 0.25) is 0 Å². The lowest BCUT2D eigenvalue weighted by Gasteiger charge is -2.18. The molecule has 6 rings (SSSR count). The van der Waals surface area contributed by atoms with Gasteiger partial charge in [-0.05, 0) is 46.7 Å². The molecule has 2 heterocycles. The Kier molecular flexibility index (Phi) is 5.48. The van der Waals surface area contributed by atoms with Crippen molar-refractivity contribution in [1.29, 1.82) is 5.26 Å². The van der Waals surface area contributed by atoms with Gasteiger partial charge in [0.1, 0.15) is 25.4 Å². The fraction of sp³-hybridized carbons (Fsp3) is 0.167. The summed E-state index contributed by atoms with van der Waals surface area (Å²) in [5, 5.41) is 11.4. The second-order valence-corrected chi connectivity index (χ2v) is 11.3. The highest BCUT2D eigenvalue weighted by Crippen LogP contribution is 2.42. The van der Waals surface area contributed by atoms with E-state index in [-0.39, 0.29) is 23.5 Å². The SMILES string of the molecule is [2H]c1c(F)c(C(C)(C)C)c([2H])[n+](C)c1-c1c(C)ccc2c1oc1c(-c3ccc(-c4ccccc4)cc3)cc(C#N)cc12. The minimum absolute atomic E-state index is 0.0180. The second-order valence-electron chi connectivity index (χ2n) is 11.3. The summed E-state index contributed by atoms with van der Waals surface area (Å²) < 4.78 is 41.6. The maximum Gasteiger partial charge on any atom is 0.219 e. The van der Waals surface area contributed by atoms with E-state index < -0.39 is 11.2 Å². The normalized spacial score (nSPS) is 12.4. The molecule has 0 N–H and O–H groups in total. The van der Waals surface area contributed by atoms with Crippen molar-refractivity contribution in [3.63, 3.8) is 0 Å². The van der Waals surface area contributed by atoms with Crippen molar-refractivity contribution >= 4 is 21.9 Å². The standard InChI is InChI=1S/C36H30FN2O/c1-22-11-16-27-29-18-23(20-38)17-28(26-14-12-25(13-15-26)24-9-7-6-8-10-24)34(29)40-35(27)33(22)32-19-31(37)30(21-39(32)5)36(2,3)4/h6-19,21H,1-5H3/q+1/i19D,21D. The van der Waals surface area contributed by atoms with E-state index in [4.69, 9.17) is 7.16 Å². The van der Waals surface area contributed by atoms with Crippen LogP contribution in [0.25, 0.3) is 55.4 Å². The lowest BCUT2D eigenvalue weighted by molar-refractivity contribution is -0.661. The average molecular weight is 528 g/mol. The highest BCUT2D eigenvalue weighted by molar-refractivity contribution is 6.13. The van der Waals surface area contributed by atoms with Gasteiger partial charge in [0.2, 0.25) is 5.69 Å². The van der Waals surface area contributed by atoms with Gasteiger partial charge in [0.05, 0.1) is 24.1 Å². The monoisotopic (exact) mass is 527 g/mol. The number of nitrogens with zero attached hydrogens (tertiary/aromatic N) is 2. The Labute approximate surface area is 236 Å². The number of halogens is 1. The third-order valence-electron chi connectivity index (χ3n) is 7.43. The van der Waals surface area contributed by atoms with Crippen LogP contribution >= 0.6 is 0 Å². The molecule has 0 saturated carbocycles. The Bertz CT molecular complexity index is 2040. The first-order valence-corrected chi connectivity index (χ1v) is 13.3. The van der Waals surface area contributed by atoms with Crippen LogP contribution in [0.3, 0.4) is 0 Å². The van der Waals surface area contributed by atoms with Crippen LogP contribution in [0, 0.1) is 24.1 Å². The largest absolute Gasteiger partial charge is 0.454 e. The molecule has 0 aliphatic heterocycles. The van der Waals surface area contributed by atoms with Gasteiger partial charge in [-0.1, -0.05) is 87.5 Å². The number of pyridine rings is 1. The lowest BCUT2D eigenvalue weighted by atomic mass is 9.87. The molecule has 0 unspecified atom stereocenters. The van der Waals surface area contributed by atoms with Gasteiger partial charge in [0, 0.05) is 22.4 Å². The van der Waals surface area contributed by atoms with E-state index in [1.165, 1.54) is 0 Å². The molecule has 6 aromatic rings. The number of rotatable bonds is 3. The van der Waals surface area contributed by atoms with Crippen molar-refractivity contribution in [3.8, 4) is 39.6 Å². The van der Waals surface area contributed by atoms with E-state index in [0.717, 1.165) is 38.6 Å². The number of hydrogen-bond donors (Lipinski definition) is 0. The van der Waals surface area contributed by atoms with Crippen molar-refractivity contribution in [2.75, 3.05) is 0 Å². The van der Waals surface area contributed by atoms with Crippen molar-refractivity contribution in [2.45, 2.75) is 33.1 Å². The van der Waals surface area contributed by atoms with Gasteiger partial charge >= 0.3 is 0 Å². The van der Waals surface area contributed by atoms with Crippen LogP contribution in [0.5, 0.6) is 0 Å². The van der Waals surface area contributed by atoms with Gasteiger partial charge in [0.15, 0.2) is 6.17 Å². The maximum absolute atomic E-state index is 15.8. The Morgan fingerprint density at radius 1 is 0.875 bits per heavy atom. The highest BCUT2D eigenvalue weighted by atomic mass is 19.1. The molecule has 0 amide bonds. The van der Waals surface area contributed by atoms with Crippen LogP contribution in [0.1, 0.15) is 40.2 Å². The molecule has 4 aromatic carbocycles. The Morgan fingerprint density at radius 3 is 2.23 bits per heavy atom. The zero-order chi connectivity index (χ0) is 29.9. The molecule has 0 radical (unpaired) electrons. The number of benzene rings is 4. The first-order chi connectivity index (χ1) is 20.0. The fourth-order valence-electron chi connectivity index (χ4n) is 5.34. The van der Waals surface area contributed by atoms with E-state index in [2.05, 4.69) is 30.3 Å². The van der Waals surface area contributed by atoms with Crippen LogP contribution in [-0.4, -0.2) is 0 Å². The number of fused-ring (bicyclic) bond motifs is 3. The highest BCUT2D eigenvalue weighted by Gasteiger charge is 2.28. The number of aryl methyl sites for hydroxylation is 1. The fourth-order valence-corrected chi connectivity index (χ4v) is 5.34. The average Bonchev–Trinajstić information content (AvgIpc) is 3.35. The first kappa shape index (κ1) is 23.2. The Balaban J connectivity index is 1.63. The predicted octanol–water partition coefficient (Wildman–Crippen LogP) is 9.03. The van der Waals surface area contributed by atoms with Crippen molar-refractivity contribution in [2.24, 2.45) is 7.05 Å². The third-order valence-corrected chi connectivity index (χ3v) is 7.43. The van der Waals surface area contributed by atoms with Crippen molar-refractivity contribution in [1.82, 2.24) is 0 Å². The molecule has 0 spiro atoms. The number of aromatic nitrogens is 1. The van der Waals surface area contributed by atoms with E-state index >= 15 is 4.39 Å². The molecule has 0 fully saturated rings. The molecule has 3 nitrogen and oxygen atoms in total. The number of nitriles is 1. The van der Waals surface area contributed by atoms with Crippen LogP contribution in [0.15, 0.2) is 95.5 Å². The van der Waals surface area contributed by atoms with Gasteiger partial charge in [0.25, 0.3) is 0 Å². The number of hydrogen-bond acceptors (Lipinski definition) is 2. The summed E-state index contributed by atoms with van der Waals surface area (Å²) in [4.78, 5) is 0. The molecule has 2 aromatic heterocycles. The summed E-state index contributed by atoms with van der Waals surface area (Å²) in [6.07, 6.45) is 0.0180. The molecule has 0 bridgehead atoms. The van der Waals surface area contributed by atoms with Crippen LogP contribution in [-0.2, 0) is 12.5 Å². The molecule has 40 heavy (non-hydrogen) atoms. The van der Waals surface area contributed by atoms with E-state index in [1.54, 1.807) is 11.6 Å². The van der Waals surface area contributed by atoms with Crippen molar-refractivity contribution < 1.29 is 16.1 Å². The molecular formula is C36H30FN2O+. The summed E-state index contributed by atoms with van der Waals surface area (Å²) >= 11 is 0. The first-order valence-electron chi connectivity index (χ1n) is 14.3. The predicted molar refractivity (Wildman–Crippen MR) is 159 cm³/mol. The van der Waals surface area contributed by atoms with Gasteiger partial charge < -0.3 is 4.42 Å². The molecule has 0 saturated heterocycles. The van der Waals surface area contributed by atoms with E-state index in [9.17, 15) is 5.26 Å². The quantitative estimate of drug-likeness (QED) is 0.215. The summed E-state index contributed by atoms with van der Waals surface area (Å²) in [5.41, 5.74) is 6.65. The minimum atomic E-state index is -0.695. The van der Waals surface area contributed by atoms with Gasteiger partial charge in [-0.15, -0.1) is 0 Å². The zero-order valence-corrected chi connectivity index (χ0v) is 23.2. The summed E-state index contributed by atoms with van der Waals surface area (Å²) in [6, 6.07) is 27.8. The summed E-state index contributed by atoms with van der Waals surface area (Å²) in [7, 11) is 1.69. The molecule has 0 atom stereocenters. The maximum atomic E-state index is 15.8. The molecule has 196 valence electrons. The second kappa shape index (κ2) is 9.47.